The van der Waals surface area contributed by atoms with Gasteiger partial charge in [0.1, 0.15) is 5.82 Å². The van der Waals surface area contributed by atoms with Crippen molar-refractivity contribution in [1.29, 1.82) is 0 Å². The van der Waals surface area contributed by atoms with Gasteiger partial charge in [0.2, 0.25) is 0 Å². The van der Waals surface area contributed by atoms with Crippen LogP contribution in [0.2, 0.25) is 0 Å². The quantitative estimate of drug-likeness (QED) is 0.672. The van der Waals surface area contributed by atoms with Crippen LogP contribution in [0.4, 0.5) is 4.39 Å². The van der Waals surface area contributed by atoms with Crippen LogP contribution in [0.5, 0.6) is 0 Å². The summed E-state index contributed by atoms with van der Waals surface area (Å²) >= 11 is 1.45. The van der Waals surface area contributed by atoms with Gasteiger partial charge in [-0.2, -0.15) is 0 Å². The van der Waals surface area contributed by atoms with E-state index in [9.17, 15) is 9.18 Å². The fourth-order valence-corrected chi connectivity index (χ4v) is 3.18. The van der Waals surface area contributed by atoms with E-state index >= 15 is 0 Å². The second-order valence-electron chi connectivity index (χ2n) is 4.77. The molecule has 0 aliphatic heterocycles. The molecule has 0 radical (unpaired) electrons. The van der Waals surface area contributed by atoms with Gasteiger partial charge in [-0.25, -0.2) is 4.39 Å². The highest BCUT2D eigenvalue weighted by atomic mass is 32.1. The predicted molar refractivity (Wildman–Crippen MR) is 80.8 cm³/mol. The number of thiophene rings is 1. The van der Waals surface area contributed by atoms with Crippen molar-refractivity contribution in [3.63, 3.8) is 0 Å². The van der Waals surface area contributed by atoms with Crippen LogP contribution in [0, 0.1) is 5.82 Å². The molecule has 2 nitrogen and oxygen atoms in total. The van der Waals surface area contributed by atoms with Crippen molar-refractivity contribution in [2.45, 2.75) is 19.8 Å². The normalized spacial score (nSPS) is 11.1. The number of nitrogens with one attached hydrogen (secondary N) is 1. The molecule has 1 aromatic carbocycles. The third-order valence-corrected chi connectivity index (χ3v) is 4.28. The number of hydrogen-bond acceptors (Lipinski definition) is 2. The fourth-order valence-electron chi connectivity index (χ4n) is 2.31. The topological polar surface area (TPSA) is 32.9 Å². The number of benzene rings is 1. The summed E-state index contributed by atoms with van der Waals surface area (Å²) in [5.74, 6) is -0.0781. The molecule has 0 bridgehead atoms. The molecular weight excluding hydrogens is 273 g/mol. The molecule has 102 valence electrons. The van der Waals surface area contributed by atoms with E-state index in [1.54, 1.807) is 6.07 Å². The Hall–Kier alpha value is -1.94. The molecule has 0 saturated carbocycles. The lowest BCUT2D eigenvalue weighted by atomic mass is 10.1. The zero-order valence-corrected chi connectivity index (χ0v) is 11.9. The van der Waals surface area contributed by atoms with Crippen molar-refractivity contribution in [3.8, 4) is 11.1 Å². The Balaban J connectivity index is 2.03. The van der Waals surface area contributed by atoms with E-state index in [2.05, 4.69) is 4.98 Å². The van der Waals surface area contributed by atoms with Crippen LogP contribution >= 0.6 is 11.3 Å². The first-order chi connectivity index (χ1) is 9.69. The van der Waals surface area contributed by atoms with Crippen LogP contribution < -0.4 is 0 Å². The molecule has 0 fully saturated rings. The van der Waals surface area contributed by atoms with Gasteiger partial charge in [-0.3, -0.25) is 4.79 Å². The molecule has 1 N–H and O–H groups in total. The summed E-state index contributed by atoms with van der Waals surface area (Å²) in [4.78, 5) is 15.8. The minimum atomic E-state index is -0.254. The van der Waals surface area contributed by atoms with Crippen molar-refractivity contribution in [2.24, 2.45) is 0 Å². The molecule has 0 aliphatic rings. The first-order valence-corrected chi connectivity index (χ1v) is 7.45. The first-order valence-electron chi connectivity index (χ1n) is 6.58. The molecular formula is C16H14FNOS. The number of ketones is 1. The summed E-state index contributed by atoms with van der Waals surface area (Å²) in [6.45, 7) is 1.99. The van der Waals surface area contributed by atoms with E-state index in [-0.39, 0.29) is 11.6 Å². The predicted octanol–water partition coefficient (Wildman–Crippen LogP) is 5.02. The van der Waals surface area contributed by atoms with Crippen molar-refractivity contribution in [2.75, 3.05) is 0 Å². The molecule has 3 aromatic rings. The summed E-state index contributed by atoms with van der Waals surface area (Å²) < 4.78 is 13.4. The average molecular weight is 287 g/mol. The van der Waals surface area contributed by atoms with Gasteiger partial charge < -0.3 is 4.98 Å². The third-order valence-electron chi connectivity index (χ3n) is 3.31. The number of carbonyl (C=O) groups is 1. The first kappa shape index (κ1) is 13.1. The number of rotatable bonds is 4. The summed E-state index contributed by atoms with van der Waals surface area (Å²) in [6, 6.07) is 6.58. The number of fused-ring (bicyclic) bond motifs is 1. The Bertz CT molecular complexity index is 772. The SMILES string of the molecule is CCCC(=O)c1cc(-c2c[nH]c3ccc(F)cc23)cs1. The third kappa shape index (κ3) is 2.27. The van der Waals surface area contributed by atoms with E-state index in [0.717, 1.165) is 33.3 Å². The highest BCUT2D eigenvalue weighted by Crippen LogP contribution is 2.32. The zero-order chi connectivity index (χ0) is 14.1. The Morgan fingerprint density at radius 1 is 1.35 bits per heavy atom. The van der Waals surface area contributed by atoms with Gasteiger partial charge in [-0.1, -0.05) is 6.92 Å². The average Bonchev–Trinajstić information content (AvgIpc) is 3.04. The highest BCUT2D eigenvalue weighted by molar-refractivity contribution is 7.12. The Labute approximate surface area is 120 Å². The van der Waals surface area contributed by atoms with E-state index in [1.807, 2.05) is 24.6 Å². The molecule has 2 aromatic heterocycles. The number of aromatic nitrogens is 1. The van der Waals surface area contributed by atoms with Crippen LogP contribution in [0.1, 0.15) is 29.4 Å². The van der Waals surface area contributed by atoms with Gasteiger partial charge in [-0.05, 0) is 41.6 Å². The lowest BCUT2D eigenvalue weighted by Gasteiger charge is -1.96. The number of hydrogen-bond donors (Lipinski definition) is 1. The number of halogens is 1. The number of carbonyl (C=O) groups excluding carboxylic acids is 1. The molecule has 2 heterocycles. The molecule has 0 saturated heterocycles. The van der Waals surface area contributed by atoms with Gasteiger partial charge in [0, 0.05) is 29.1 Å². The standard InChI is InChI=1S/C16H14FNOS/c1-2-3-15(19)16-6-10(9-20-16)13-8-18-14-5-4-11(17)7-12(13)14/h4-9,18H,2-3H2,1H3. The fraction of sp³-hybridized carbons (Fsp3) is 0.188. The molecule has 0 unspecified atom stereocenters. The van der Waals surface area contributed by atoms with Gasteiger partial charge in [0.15, 0.2) is 5.78 Å². The van der Waals surface area contributed by atoms with Crippen molar-refractivity contribution in [1.82, 2.24) is 4.98 Å². The smallest absolute Gasteiger partial charge is 0.172 e. The largest absolute Gasteiger partial charge is 0.361 e. The van der Waals surface area contributed by atoms with Gasteiger partial charge >= 0.3 is 0 Å². The highest BCUT2D eigenvalue weighted by Gasteiger charge is 2.12. The minimum Gasteiger partial charge on any atom is -0.361 e. The van der Waals surface area contributed by atoms with Crippen LogP contribution in [0.25, 0.3) is 22.0 Å². The molecule has 3 rings (SSSR count). The maximum atomic E-state index is 13.4. The number of H-pyrrole nitrogens is 1. The maximum Gasteiger partial charge on any atom is 0.172 e. The van der Waals surface area contributed by atoms with Crippen molar-refractivity contribution < 1.29 is 9.18 Å². The molecule has 4 heteroatoms. The van der Waals surface area contributed by atoms with Gasteiger partial charge in [-0.15, -0.1) is 11.3 Å². The van der Waals surface area contributed by atoms with Crippen LogP contribution in [-0.2, 0) is 0 Å². The molecule has 0 atom stereocenters. The van der Waals surface area contributed by atoms with Crippen LogP contribution in [0.15, 0.2) is 35.8 Å². The summed E-state index contributed by atoms with van der Waals surface area (Å²) in [5, 5.41) is 2.80. The van der Waals surface area contributed by atoms with Crippen molar-refractivity contribution in [3.05, 3.63) is 46.5 Å². The second-order valence-corrected chi connectivity index (χ2v) is 5.68. The maximum absolute atomic E-state index is 13.4. The van der Waals surface area contributed by atoms with E-state index in [4.69, 9.17) is 0 Å². The molecule has 0 amide bonds. The van der Waals surface area contributed by atoms with Crippen LogP contribution in [0.3, 0.4) is 0 Å². The lowest BCUT2D eigenvalue weighted by molar-refractivity contribution is 0.0985. The van der Waals surface area contributed by atoms with E-state index in [0.29, 0.717) is 6.42 Å². The molecule has 20 heavy (non-hydrogen) atoms. The van der Waals surface area contributed by atoms with Crippen LogP contribution in [-0.4, -0.2) is 10.8 Å². The van der Waals surface area contributed by atoms with Crippen molar-refractivity contribution >= 4 is 28.0 Å². The molecule has 0 spiro atoms. The number of aromatic amines is 1. The lowest BCUT2D eigenvalue weighted by Crippen LogP contribution is -1.93. The number of Topliss-reactive ketones (excluding diaryl/α,β-unsaturated/α-hetero) is 1. The summed E-state index contributed by atoms with van der Waals surface area (Å²) in [5.41, 5.74) is 2.80. The zero-order valence-electron chi connectivity index (χ0n) is 11.1. The Kier molecular flexibility index (Phi) is 3.40. The minimum absolute atomic E-state index is 0.176. The van der Waals surface area contributed by atoms with E-state index < -0.39 is 0 Å². The Morgan fingerprint density at radius 2 is 2.20 bits per heavy atom. The Morgan fingerprint density at radius 3 is 3.00 bits per heavy atom. The van der Waals surface area contributed by atoms with E-state index in [1.165, 1.54) is 23.5 Å². The van der Waals surface area contributed by atoms with Gasteiger partial charge in [0.25, 0.3) is 0 Å². The second kappa shape index (κ2) is 5.21. The molecule has 0 aliphatic carbocycles. The summed E-state index contributed by atoms with van der Waals surface area (Å²) in [6.07, 6.45) is 3.28. The van der Waals surface area contributed by atoms with Gasteiger partial charge in [0.05, 0.1) is 4.88 Å². The summed E-state index contributed by atoms with van der Waals surface area (Å²) in [7, 11) is 0. The monoisotopic (exact) mass is 287 g/mol.